The first kappa shape index (κ1) is 20.9. The van der Waals surface area contributed by atoms with Crippen molar-refractivity contribution in [1.82, 2.24) is 4.90 Å². The van der Waals surface area contributed by atoms with Crippen molar-refractivity contribution in [3.8, 4) is 0 Å². The van der Waals surface area contributed by atoms with Crippen LogP contribution >= 0.6 is 0 Å². The van der Waals surface area contributed by atoms with Crippen molar-refractivity contribution in [2.45, 2.75) is 71.6 Å². The minimum atomic E-state index is -1.72. The summed E-state index contributed by atoms with van der Waals surface area (Å²) in [5, 5.41) is 0. The molecule has 1 unspecified atom stereocenters. The molecule has 0 saturated heterocycles. The number of carbonyl (C=O) groups excluding carboxylic acids is 4. The lowest BCUT2D eigenvalue weighted by molar-refractivity contribution is -0.152. The molecule has 1 aliphatic rings. The fraction of sp³-hybridized carbons (Fsp3) is 0.765. The van der Waals surface area contributed by atoms with Crippen molar-refractivity contribution in [3.63, 3.8) is 0 Å². The van der Waals surface area contributed by atoms with E-state index in [1.807, 2.05) is 0 Å². The average Bonchev–Trinajstić information content (AvgIpc) is 3.10. The Bertz CT molecular complexity index is 530. The number of rotatable bonds is 4. The first-order chi connectivity index (χ1) is 11.3. The van der Waals surface area contributed by atoms with Crippen LogP contribution in [0.2, 0.25) is 0 Å². The maximum absolute atomic E-state index is 12.6. The number of nitrogens with zero attached hydrogens (tertiary/aromatic N) is 1. The van der Waals surface area contributed by atoms with E-state index in [2.05, 4.69) is 0 Å². The molecule has 0 N–H and O–H groups in total. The Hall–Kier alpha value is -2.12. The molecule has 0 aliphatic heterocycles. The van der Waals surface area contributed by atoms with Crippen LogP contribution in [0.4, 0.5) is 9.59 Å². The predicted molar refractivity (Wildman–Crippen MR) is 87.8 cm³/mol. The molecule has 1 fully saturated rings. The molecule has 142 valence electrons. The van der Waals surface area contributed by atoms with Gasteiger partial charge in [0.25, 0.3) is 0 Å². The van der Waals surface area contributed by atoms with Crippen LogP contribution in [0.25, 0.3) is 0 Å². The van der Waals surface area contributed by atoms with Gasteiger partial charge in [0.15, 0.2) is 5.54 Å². The van der Waals surface area contributed by atoms with Crippen LogP contribution in [0, 0.1) is 5.92 Å². The number of ether oxygens (including phenoxy) is 3. The molecule has 0 aromatic carbocycles. The molecule has 0 spiro atoms. The fourth-order valence-corrected chi connectivity index (χ4v) is 2.29. The second-order valence-corrected chi connectivity index (χ2v) is 7.89. The molecule has 8 heteroatoms. The third-order valence-electron chi connectivity index (χ3n) is 3.33. The highest BCUT2D eigenvalue weighted by Crippen LogP contribution is 2.49. The third-order valence-corrected chi connectivity index (χ3v) is 3.33. The Balaban J connectivity index is 3.29. The highest BCUT2D eigenvalue weighted by molar-refractivity contribution is 6.01. The second-order valence-electron chi connectivity index (χ2n) is 7.89. The van der Waals surface area contributed by atoms with E-state index in [9.17, 15) is 19.2 Å². The van der Waals surface area contributed by atoms with Gasteiger partial charge in [-0.15, -0.1) is 0 Å². The molecular formula is C17H27NO7. The van der Waals surface area contributed by atoms with Gasteiger partial charge in [-0.1, -0.05) is 0 Å². The topological polar surface area (TPSA) is 99.2 Å². The van der Waals surface area contributed by atoms with Crippen molar-refractivity contribution in [1.29, 1.82) is 0 Å². The minimum absolute atomic E-state index is 0.0200. The summed E-state index contributed by atoms with van der Waals surface area (Å²) >= 11 is 0. The average molecular weight is 357 g/mol. The predicted octanol–water partition coefficient (Wildman–Crippen LogP) is 2.68. The summed E-state index contributed by atoms with van der Waals surface area (Å²) in [6.07, 6.45) is -1.61. The first-order valence-electron chi connectivity index (χ1n) is 8.17. The summed E-state index contributed by atoms with van der Waals surface area (Å²) in [6.45, 7) is 11.4. The summed E-state index contributed by atoms with van der Waals surface area (Å²) in [5.74, 6) is -1.68. The lowest BCUT2D eigenvalue weighted by Crippen LogP contribution is -2.55. The zero-order valence-electron chi connectivity index (χ0n) is 15.9. The monoisotopic (exact) mass is 357 g/mol. The van der Waals surface area contributed by atoms with Crippen LogP contribution in [0.5, 0.6) is 0 Å². The molecule has 0 radical (unpaired) electrons. The Morgan fingerprint density at radius 2 is 1.48 bits per heavy atom. The SMILES string of the molecule is CCOC(=O)C1(N(C(=O)OC(C)(C)C)C(=O)OC(C)(C)C)C[C@H]1C=O. The first-order valence-corrected chi connectivity index (χ1v) is 8.17. The molecule has 1 rings (SSSR count). The van der Waals surface area contributed by atoms with Crippen molar-refractivity contribution in [3.05, 3.63) is 0 Å². The highest BCUT2D eigenvalue weighted by Gasteiger charge is 2.70. The number of esters is 1. The molecule has 0 heterocycles. The molecular weight excluding hydrogens is 330 g/mol. The molecule has 0 aromatic rings. The number of imide groups is 1. The van der Waals surface area contributed by atoms with Crippen molar-refractivity contribution >= 4 is 24.4 Å². The lowest BCUT2D eigenvalue weighted by atomic mass is 10.1. The van der Waals surface area contributed by atoms with E-state index in [0.29, 0.717) is 11.2 Å². The molecule has 25 heavy (non-hydrogen) atoms. The molecule has 2 amide bonds. The molecule has 0 aromatic heterocycles. The number of hydrogen-bond acceptors (Lipinski definition) is 7. The Morgan fingerprint density at radius 3 is 1.76 bits per heavy atom. The van der Waals surface area contributed by atoms with Crippen molar-refractivity contribution < 1.29 is 33.4 Å². The molecule has 1 saturated carbocycles. The summed E-state index contributed by atoms with van der Waals surface area (Å²) in [7, 11) is 0. The quantitative estimate of drug-likeness (QED) is 0.433. The van der Waals surface area contributed by atoms with Crippen LogP contribution in [0.3, 0.4) is 0 Å². The van der Waals surface area contributed by atoms with Gasteiger partial charge in [-0.05, 0) is 54.9 Å². The zero-order chi connectivity index (χ0) is 19.6. The van der Waals surface area contributed by atoms with Crippen LogP contribution < -0.4 is 0 Å². The largest absolute Gasteiger partial charge is 0.464 e. The van der Waals surface area contributed by atoms with E-state index < -0.39 is 40.8 Å². The van der Waals surface area contributed by atoms with Crippen molar-refractivity contribution in [2.75, 3.05) is 6.61 Å². The van der Waals surface area contributed by atoms with Gasteiger partial charge in [-0.3, -0.25) is 0 Å². The Labute approximate surface area is 147 Å². The van der Waals surface area contributed by atoms with Crippen LogP contribution in [0.15, 0.2) is 0 Å². The van der Waals surface area contributed by atoms with E-state index >= 15 is 0 Å². The molecule has 1 aliphatic carbocycles. The summed E-state index contributed by atoms with van der Waals surface area (Å²) in [4.78, 5) is 49.5. The van der Waals surface area contributed by atoms with E-state index in [4.69, 9.17) is 14.2 Å². The van der Waals surface area contributed by atoms with Gasteiger partial charge in [-0.2, -0.15) is 4.90 Å². The van der Waals surface area contributed by atoms with Gasteiger partial charge in [-0.25, -0.2) is 14.4 Å². The molecule has 2 atom stereocenters. The van der Waals surface area contributed by atoms with Crippen LogP contribution in [-0.2, 0) is 23.8 Å². The van der Waals surface area contributed by atoms with Crippen LogP contribution in [0.1, 0.15) is 54.9 Å². The highest BCUT2D eigenvalue weighted by atomic mass is 16.6. The third kappa shape index (κ3) is 4.93. The normalized spacial score (nSPS) is 22.6. The maximum Gasteiger partial charge on any atom is 0.420 e. The second kappa shape index (κ2) is 7.01. The van der Waals surface area contributed by atoms with Crippen LogP contribution in [-0.4, -0.2) is 52.7 Å². The number of aldehydes is 1. The smallest absolute Gasteiger partial charge is 0.420 e. The summed E-state index contributed by atoms with van der Waals surface area (Å²) in [5.41, 5.74) is -3.53. The van der Waals surface area contributed by atoms with E-state index in [1.54, 1.807) is 48.5 Å². The minimum Gasteiger partial charge on any atom is -0.464 e. The maximum atomic E-state index is 12.6. The van der Waals surface area contributed by atoms with Gasteiger partial charge < -0.3 is 19.0 Å². The Morgan fingerprint density at radius 1 is 1.04 bits per heavy atom. The van der Waals surface area contributed by atoms with E-state index in [1.165, 1.54) is 0 Å². The van der Waals surface area contributed by atoms with Gasteiger partial charge in [0.05, 0.1) is 12.5 Å². The number of hydrogen-bond donors (Lipinski definition) is 0. The van der Waals surface area contributed by atoms with Gasteiger partial charge in [0, 0.05) is 0 Å². The lowest BCUT2D eigenvalue weighted by Gasteiger charge is -2.32. The molecule has 8 nitrogen and oxygen atoms in total. The van der Waals surface area contributed by atoms with Gasteiger partial charge in [0.1, 0.15) is 17.5 Å². The zero-order valence-corrected chi connectivity index (χ0v) is 15.9. The Kier molecular flexibility index (Phi) is 5.87. The fourth-order valence-electron chi connectivity index (χ4n) is 2.29. The van der Waals surface area contributed by atoms with Gasteiger partial charge in [0.2, 0.25) is 0 Å². The van der Waals surface area contributed by atoms with E-state index in [-0.39, 0.29) is 13.0 Å². The van der Waals surface area contributed by atoms with Crippen molar-refractivity contribution in [2.24, 2.45) is 5.92 Å². The summed E-state index contributed by atoms with van der Waals surface area (Å²) in [6, 6.07) is 0. The standard InChI is InChI=1S/C17H27NO7/c1-8-23-12(20)17(9-11(17)10-19)18(13(21)24-15(2,3)4)14(22)25-16(5,6)7/h10-11H,8-9H2,1-7H3/t11-,17?/m0/s1. The summed E-state index contributed by atoms with van der Waals surface area (Å²) < 4.78 is 15.5. The number of carbonyl (C=O) groups is 4. The molecule has 0 bridgehead atoms. The van der Waals surface area contributed by atoms with E-state index in [0.717, 1.165) is 0 Å². The number of amides is 2. The van der Waals surface area contributed by atoms with Gasteiger partial charge >= 0.3 is 18.2 Å².